The molecule has 3 N–H and O–H groups in total. The lowest BCUT2D eigenvalue weighted by Crippen LogP contribution is -2.51. The Kier molecular flexibility index (Phi) is 5.48. The number of hydrogen-bond acceptors (Lipinski definition) is 5. The second-order valence-electron chi connectivity index (χ2n) is 5.38. The van der Waals surface area contributed by atoms with Crippen molar-refractivity contribution in [1.82, 2.24) is 25.9 Å². The third-order valence-corrected chi connectivity index (χ3v) is 3.49. The summed E-state index contributed by atoms with van der Waals surface area (Å²) < 4.78 is 1.18. The molecule has 3 amide bonds. The highest BCUT2D eigenvalue weighted by molar-refractivity contribution is 6.05. The lowest BCUT2D eigenvalue weighted by molar-refractivity contribution is -0.128. The lowest BCUT2D eigenvalue weighted by Gasteiger charge is -2.14. The van der Waals surface area contributed by atoms with E-state index in [1.165, 1.54) is 18.5 Å². The molecule has 0 saturated heterocycles. The highest BCUT2D eigenvalue weighted by atomic mass is 16.2. The maximum absolute atomic E-state index is 12.4. The number of hydrogen-bond donors (Lipinski definition) is 3. The zero-order valence-electron chi connectivity index (χ0n) is 14.1. The van der Waals surface area contributed by atoms with E-state index >= 15 is 0 Å². The Hall–Kier alpha value is -3.23. The molecule has 9 nitrogen and oxygen atoms in total. The number of aryl methyl sites for hydroxylation is 1. The summed E-state index contributed by atoms with van der Waals surface area (Å²) in [6.45, 7) is 4.80. The third-order valence-electron chi connectivity index (χ3n) is 3.49. The number of hydrazine groups is 1. The second-order valence-corrected chi connectivity index (χ2v) is 5.38. The Morgan fingerprint density at radius 2 is 1.80 bits per heavy atom. The molecule has 25 heavy (non-hydrogen) atoms. The predicted molar refractivity (Wildman–Crippen MR) is 90.6 cm³/mol. The van der Waals surface area contributed by atoms with E-state index in [0.717, 1.165) is 0 Å². The van der Waals surface area contributed by atoms with E-state index in [1.807, 2.05) is 0 Å². The first-order chi connectivity index (χ1) is 11.8. The van der Waals surface area contributed by atoms with Gasteiger partial charge in [-0.3, -0.25) is 30.0 Å². The number of amides is 3. The molecule has 0 aliphatic carbocycles. The maximum atomic E-state index is 12.4. The largest absolute Gasteiger partial charge is 0.345 e. The molecule has 132 valence electrons. The Morgan fingerprint density at radius 3 is 2.40 bits per heavy atom. The number of aromatic nitrogens is 2. The van der Waals surface area contributed by atoms with E-state index < -0.39 is 17.9 Å². The zero-order valence-corrected chi connectivity index (χ0v) is 14.1. The standard InChI is InChI=1S/C16H19N5O4/c1-4-21-16(25)12-8-6-5-7-11(12)13(20-21)15(24)19-18-14(23)9(2)17-10(3)22/h5-9H,4H2,1-3H3,(H,17,22)(H,18,23)(H,19,24). The number of rotatable bonds is 4. The van der Waals surface area contributed by atoms with Crippen LogP contribution in [0.2, 0.25) is 0 Å². The van der Waals surface area contributed by atoms with Crippen LogP contribution < -0.4 is 21.7 Å². The molecular formula is C16H19N5O4. The van der Waals surface area contributed by atoms with Gasteiger partial charge in [0.15, 0.2) is 5.69 Å². The highest BCUT2D eigenvalue weighted by Gasteiger charge is 2.18. The van der Waals surface area contributed by atoms with Gasteiger partial charge in [0.1, 0.15) is 6.04 Å². The minimum absolute atomic E-state index is 0.0181. The van der Waals surface area contributed by atoms with E-state index in [0.29, 0.717) is 17.3 Å². The van der Waals surface area contributed by atoms with Gasteiger partial charge in [0.05, 0.1) is 5.39 Å². The van der Waals surface area contributed by atoms with Crippen LogP contribution in [-0.2, 0) is 16.1 Å². The molecule has 0 spiro atoms. The number of carbonyl (C=O) groups excluding carboxylic acids is 3. The predicted octanol–water partition coefficient (Wildman–Crippen LogP) is -0.298. The van der Waals surface area contributed by atoms with E-state index in [4.69, 9.17) is 0 Å². The molecule has 1 aromatic heterocycles. The number of benzene rings is 1. The van der Waals surface area contributed by atoms with Gasteiger partial charge in [0.2, 0.25) is 5.91 Å². The molecular weight excluding hydrogens is 326 g/mol. The summed E-state index contributed by atoms with van der Waals surface area (Å²) in [6.07, 6.45) is 0. The smallest absolute Gasteiger partial charge is 0.290 e. The molecule has 0 radical (unpaired) electrons. The first kappa shape index (κ1) is 18.1. The van der Waals surface area contributed by atoms with Crippen LogP contribution in [0.1, 0.15) is 31.3 Å². The quantitative estimate of drug-likeness (QED) is 0.657. The fourth-order valence-electron chi connectivity index (χ4n) is 2.27. The summed E-state index contributed by atoms with van der Waals surface area (Å²) in [5.74, 6) is -1.62. The van der Waals surface area contributed by atoms with E-state index in [-0.39, 0.29) is 17.2 Å². The lowest BCUT2D eigenvalue weighted by atomic mass is 10.1. The van der Waals surface area contributed by atoms with Gasteiger partial charge in [-0.25, -0.2) is 4.68 Å². The molecule has 1 atom stereocenters. The van der Waals surface area contributed by atoms with Crippen molar-refractivity contribution < 1.29 is 14.4 Å². The summed E-state index contributed by atoms with van der Waals surface area (Å²) in [6, 6.07) is 5.79. The summed E-state index contributed by atoms with van der Waals surface area (Å²) in [7, 11) is 0. The number of carbonyl (C=O) groups is 3. The summed E-state index contributed by atoms with van der Waals surface area (Å²) in [4.78, 5) is 47.4. The van der Waals surface area contributed by atoms with E-state index in [2.05, 4.69) is 21.3 Å². The highest BCUT2D eigenvalue weighted by Crippen LogP contribution is 2.12. The third kappa shape index (κ3) is 4.00. The van der Waals surface area contributed by atoms with Crippen molar-refractivity contribution in [1.29, 1.82) is 0 Å². The van der Waals surface area contributed by atoms with Crippen LogP contribution in [0.25, 0.3) is 10.8 Å². The van der Waals surface area contributed by atoms with Gasteiger partial charge in [-0.15, -0.1) is 0 Å². The zero-order chi connectivity index (χ0) is 18.6. The van der Waals surface area contributed by atoms with Crippen LogP contribution >= 0.6 is 0 Å². The van der Waals surface area contributed by atoms with Crippen molar-refractivity contribution in [3.63, 3.8) is 0 Å². The fourth-order valence-corrected chi connectivity index (χ4v) is 2.27. The SMILES string of the molecule is CCn1nc(C(=O)NNC(=O)C(C)NC(C)=O)c2ccccc2c1=O. The molecule has 2 aromatic rings. The molecule has 1 unspecified atom stereocenters. The van der Waals surface area contributed by atoms with Crippen LogP contribution in [0.3, 0.4) is 0 Å². The molecule has 0 bridgehead atoms. The first-order valence-corrected chi connectivity index (χ1v) is 7.72. The summed E-state index contributed by atoms with van der Waals surface area (Å²) >= 11 is 0. The van der Waals surface area contributed by atoms with Gasteiger partial charge in [0, 0.05) is 18.9 Å². The van der Waals surface area contributed by atoms with Gasteiger partial charge >= 0.3 is 0 Å². The number of fused-ring (bicyclic) bond motifs is 1. The Balaban J connectivity index is 2.25. The first-order valence-electron chi connectivity index (χ1n) is 7.72. The summed E-state index contributed by atoms with van der Waals surface area (Å²) in [5.41, 5.74) is 4.19. The second kappa shape index (κ2) is 7.56. The molecule has 2 rings (SSSR count). The molecule has 0 fully saturated rings. The molecule has 0 aliphatic rings. The van der Waals surface area contributed by atoms with Crippen LogP contribution in [-0.4, -0.2) is 33.5 Å². The van der Waals surface area contributed by atoms with Gasteiger partial charge < -0.3 is 5.32 Å². The molecule has 0 aliphatic heterocycles. The number of nitrogens with one attached hydrogen (secondary N) is 3. The van der Waals surface area contributed by atoms with E-state index in [9.17, 15) is 19.2 Å². The average molecular weight is 345 g/mol. The normalized spacial score (nSPS) is 11.6. The fraction of sp³-hybridized carbons (Fsp3) is 0.312. The molecule has 0 saturated carbocycles. The minimum atomic E-state index is -0.813. The minimum Gasteiger partial charge on any atom is -0.345 e. The van der Waals surface area contributed by atoms with Crippen molar-refractivity contribution in [2.45, 2.75) is 33.4 Å². The van der Waals surface area contributed by atoms with Crippen molar-refractivity contribution in [2.24, 2.45) is 0 Å². The summed E-state index contributed by atoms with van der Waals surface area (Å²) in [5, 5.41) is 7.21. The van der Waals surface area contributed by atoms with Gasteiger partial charge in [-0.1, -0.05) is 18.2 Å². The van der Waals surface area contributed by atoms with Crippen molar-refractivity contribution in [3.8, 4) is 0 Å². The van der Waals surface area contributed by atoms with Crippen molar-refractivity contribution in [3.05, 3.63) is 40.3 Å². The monoisotopic (exact) mass is 345 g/mol. The molecule has 1 aromatic carbocycles. The van der Waals surface area contributed by atoms with Crippen molar-refractivity contribution in [2.75, 3.05) is 0 Å². The number of nitrogens with zero attached hydrogens (tertiary/aromatic N) is 2. The Morgan fingerprint density at radius 1 is 1.16 bits per heavy atom. The Bertz CT molecular complexity index is 890. The maximum Gasteiger partial charge on any atom is 0.290 e. The molecule has 1 heterocycles. The van der Waals surface area contributed by atoms with Crippen LogP contribution in [0.15, 0.2) is 29.1 Å². The van der Waals surface area contributed by atoms with Crippen LogP contribution in [0.4, 0.5) is 0 Å². The van der Waals surface area contributed by atoms with Crippen LogP contribution in [0.5, 0.6) is 0 Å². The molecule has 9 heteroatoms. The average Bonchev–Trinajstić information content (AvgIpc) is 2.59. The Labute approximate surface area is 143 Å². The van der Waals surface area contributed by atoms with Gasteiger partial charge in [-0.2, -0.15) is 5.10 Å². The topological polar surface area (TPSA) is 122 Å². The van der Waals surface area contributed by atoms with E-state index in [1.54, 1.807) is 31.2 Å². The van der Waals surface area contributed by atoms with Crippen LogP contribution in [0, 0.1) is 0 Å². The van der Waals surface area contributed by atoms with Crippen molar-refractivity contribution >= 4 is 28.5 Å². The van der Waals surface area contributed by atoms with Gasteiger partial charge in [-0.05, 0) is 19.9 Å². The van der Waals surface area contributed by atoms with Gasteiger partial charge in [0.25, 0.3) is 17.4 Å².